The summed E-state index contributed by atoms with van der Waals surface area (Å²) in [5, 5.41) is 12.5. The topological polar surface area (TPSA) is 82.5 Å². The zero-order chi connectivity index (χ0) is 26.2. The van der Waals surface area contributed by atoms with Crippen molar-refractivity contribution >= 4 is 27.6 Å². The van der Waals surface area contributed by atoms with Gasteiger partial charge in [-0.15, -0.1) is 0 Å². The molecule has 190 valence electrons. The van der Waals surface area contributed by atoms with Crippen molar-refractivity contribution in [2.45, 2.75) is 19.9 Å². The first-order valence-corrected chi connectivity index (χ1v) is 13.2. The molecule has 3 aromatic heterocycles. The van der Waals surface area contributed by atoms with Crippen LogP contribution in [0.1, 0.15) is 18.1 Å². The van der Waals surface area contributed by atoms with E-state index in [1.165, 1.54) is 16.7 Å². The van der Waals surface area contributed by atoms with Gasteiger partial charge in [0.2, 0.25) is 0 Å². The van der Waals surface area contributed by atoms with E-state index in [-0.39, 0.29) is 0 Å². The third-order valence-corrected chi connectivity index (χ3v) is 7.21. The number of H-pyrrole nitrogens is 2. The van der Waals surface area contributed by atoms with Crippen LogP contribution in [0.15, 0.2) is 108 Å². The fourth-order valence-corrected chi connectivity index (χ4v) is 5.13. The zero-order valence-corrected chi connectivity index (χ0v) is 21.5. The number of fused-ring (bicyclic) bond motifs is 2. The highest BCUT2D eigenvalue weighted by Crippen LogP contribution is 2.34. The third-order valence-electron chi connectivity index (χ3n) is 7.21. The van der Waals surface area contributed by atoms with Gasteiger partial charge >= 0.3 is 0 Å². The monoisotopic (exact) mass is 509 g/mol. The van der Waals surface area contributed by atoms with E-state index < -0.39 is 0 Å². The summed E-state index contributed by atoms with van der Waals surface area (Å²) in [5.74, 6) is 0.733. The smallest absolute Gasteiger partial charge is 0.159 e. The van der Waals surface area contributed by atoms with E-state index in [4.69, 9.17) is 9.40 Å². The Morgan fingerprint density at radius 2 is 1.72 bits per heavy atom. The standard InChI is InChI=1S/C33H27N5O/c1-2-21-15-25(17-26(16-21)34-19-22-7-4-3-5-8-22)23-11-12-29-28(18-23)32(38-37-29)33-35-30-10-6-9-27(31(30)36-33)24-13-14-39-20-24/h3-18,20,34H,2,19H2,1H3,(H,35,36)(H,37,38). The molecule has 0 aliphatic heterocycles. The minimum Gasteiger partial charge on any atom is -0.472 e. The number of aryl methyl sites for hydroxylation is 1. The van der Waals surface area contributed by atoms with Crippen molar-refractivity contribution in [3.05, 3.63) is 115 Å². The Kier molecular flexibility index (Phi) is 5.70. The number of para-hydroxylation sites is 1. The zero-order valence-electron chi connectivity index (χ0n) is 21.5. The van der Waals surface area contributed by atoms with Gasteiger partial charge in [-0.05, 0) is 65.1 Å². The Balaban J connectivity index is 1.27. The lowest BCUT2D eigenvalue weighted by Gasteiger charge is -2.12. The molecule has 7 aromatic rings. The summed E-state index contributed by atoms with van der Waals surface area (Å²) >= 11 is 0. The van der Waals surface area contributed by atoms with Crippen molar-refractivity contribution in [3.63, 3.8) is 0 Å². The number of imidazole rings is 1. The second-order valence-corrected chi connectivity index (χ2v) is 9.74. The Labute approximate surface area is 225 Å². The number of hydrogen-bond acceptors (Lipinski definition) is 4. The number of furan rings is 1. The summed E-state index contributed by atoms with van der Waals surface area (Å²) in [7, 11) is 0. The lowest BCUT2D eigenvalue weighted by molar-refractivity contribution is 0.568. The summed E-state index contributed by atoms with van der Waals surface area (Å²) < 4.78 is 5.31. The summed E-state index contributed by atoms with van der Waals surface area (Å²) in [6.07, 6.45) is 4.39. The molecule has 0 spiro atoms. The van der Waals surface area contributed by atoms with Crippen LogP contribution < -0.4 is 5.32 Å². The Morgan fingerprint density at radius 3 is 2.56 bits per heavy atom. The Hall–Kier alpha value is -5.10. The molecule has 6 heteroatoms. The summed E-state index contributed by atoms with van der Waals surface area (Å²) in [6.45, 7) is 2.97. The first-order chi connectivity index (χ1) is 19.2. The molecule has 0 fully saturated rings. The summed E-state index contributed by atoms with van der Waals surface area (Å²) in [4.78, 5) is 8.45. The van der Waals surface area contributed by atoms with Crippen LogP contribution in [-0.4, -0.2) is 20.2 Å². The predicted octanol–water partition coefficient (Wildman–Crippen LogP) is 8.21. The molecular formula is C33H27N5O. The van der Waals surface area contributed by atoms with Gasteiger partial charge in [-0.1, -0.05) is 61.5 Å². The highest BCUT2D eigenvalue weighted by Gasteiger charge is 2.16. The molecule has 0 aliphatic carbocycles. The number of rotatable bonds is 7. The van der Waals surface area contributed by atoms with Gasteiger partial charge in [-0.2, -0.15) is 5.10 Å². The minimum absolute atomic E-state index is 0.733. The van der Waals surface area contributed by atoms with Crippen molar-refractivity contribution in [1.82, 2.24) is 20.2 Å². The quantitative estimate of drug-likeness (QED) is 0.202. The second kappa shape index (κ2) is 9.65. The third kappa shape index (κ3) is 4.36. The van der Waals surface area contributed by atoms with Gasteiger partial charge in [-0.3, -0.25) is 5.10 Å². The molecule has 3 N–H and O–H groups in total. The normalized spacial score (nSPS) is 11.4. The highest BCUT2D eigenvalue weighted by molar-refractivity contribution is 5.98. The first kappa shape index (κ1) is 23.0. The van der Waals surface area contributed by atoms with E-state index in [1.54, 1.807) is 12.5 Å². The van der Waals surface area contributed by atoms with E-state index in [1.807, 2.05) is 24.3 Å². The average Bonchev–Trinajstić information content (AvgIpc) is 3.75. The number of benzene rings is 4. The van der Waals surface area contributed by atoms with Crippen LogP contribution in [0.3, 0.4) is 0 Å². The molecule has 0 bridgehead atoms. The molecule has 0 atom stereocenters. The van der Waals surface area contributed by atoms with Crippen LogP contribution in [0.25, 0.3) is 55.7 Å². The van der Waals surface area contributed by atoms with Gasteiger partial charge in [-0.25, -0.2) is 4.98 Å². The molecule has 3 heterocycles. The molecule has 0 aliphatic rings. The molecule has 0 unspecified atom stereocenters. The van der Waals surface area contributed by atoms with E-state index >= 15 is 0 Å². The van der Waals surface area contributed by atoms with Gasteiger partial charge in [0.1, 0.15) is 5.69 Å². The molecule has 39 heavy (non-hydrogen) atoms. The summed E-state index contributed by atoms with van der Waals surface area (Å²) in [5.41, 5.74) is 11.6. The maximum Gasteiger partial charge on any atom is 0.159 e. The van der Waals surface area contributed by atoms with Gasteiger partial charge in [0.15, 0.2) is 5.82 Å². The number of aromatic amines is 2. The summed E-state index contributed by atoms with van der Waals surface area (Å²) in [6, 6.07) is 31.7. The average molecular weight is 510 g/mol. The molecule has 0 saturated carbocycles. The van der Waals surface area contributed by atoms with Crippen LogP contribution in [0.4, 0.5) is 5.69 Å². The molecule has 4 aromatic carbocycles. The van der Waals surface area contributed by atoms with E-state index in [2.05, 4.69) is 94.2 Å². The Morgan fingerprint density at radius 1 is 0.795 bits per heavy atom. The van der Waals surface area contributed by atoms with Crippen molar-refractivity contribution in [2.75, 3.05) is 5.32 Å². The maximum atomic E-state index is 5.31. The number of aromatic nitrogens is 4. The van der Waals surface area contributed by atoms with Crippen molar-refractivity contribution in [2.24, 2.45) is 0 Å². The number of anilines is 1. The van der Waals surface area contributed by atoms with Crippen molar-refractivity contribution < 1.29 is 4.42 Å². The van der Waals surface area contributed by atoms with E-state index in [0.29, 0.717) is 0 Å². The molecule has 0 saturated heterocycles. The number of nitrogens with zero attached hydrogens (tertiary/aromatic N) is 2. The van der Waals surface area contributed by atoms with Gasteiger partial charge in [0.05, 0.1) is 29.1 Å². The SMILES string of the molecule is CCc1cc(NCc2ccccc2)cc(-c2ccc3[nH]nc(-c4nc5c(-c6ccoc6)cccc5[nH]4)c3c2)c1. The highest BCUT2D eigenvalue weighted by atomic mass is 16.3. The van der Waals surface area contributed by atoms with Gasteiger partial charge in [0.25, 0.3) is 0 Å². The number of nitrogens with one attached hydrogen (secondary N) is 3. The fraction of sp³-hybridized carbons (Fsp3) is 0.0909. The van der Waals surface area contributed by atoms with Crippen molar-refractivity contribution in [3.8, 4) is 33.8 Å². The van der Waals surface area contributed by atoms with Crippen LogP contribution >= 0.6 is 0 Å². The van der Waals surface area contributed by atoms with Crippen LogP contribution in [0.5, 0.6) is 0 Å². The number of hydrogen-bond donors (Lipinski definition) is 3. The minimum atomic E-state index is 0.733. The van der Waals surface area contributed by atoms with Crippen LogP contribution in [0.2, 0.25) is 0 Å². The van der Waals surface area contributed by atoms with Gasteiger partial charge in [0, 0.05) is 28.7 Å². The Bertz CT molecular complexity index is 1900. The van der Waals surface area contributed by atoms with Crippen molar-refractivity contribution in [1.29, 1.82) is 0 Å². The lowest BCUT2D eigenvalue weighted by Crippen LogP contribution is -2.00. The van der Waals surface area contributed by atoms with Crippen LogP contribution in [-0.2, 0) is 13.0 Å². The maximum absolute atomic E-state index is 5.31. The predicted molar refractivity (Wildman–Crippen MR) is 157 cm³/mol. The van der Waals surface area contributed by atoms with Gasteiger partial charge < -0.3 is 14.7 Å². The lowest BCUT2D eigenvalue weighted by atomic mass is 9.99. The molecular weight excluding hydrogens is 482 g/mol. The largest absolute Gasteiger partial charge is 0.472 e. The second-order valence-electron chi connectivity index (χ2n) is 9.74. The molecule has 7 rings (SSSR count). The van der Waals surface area contributed by atoms with E-state index in [9.17, 15) is 0 Å². The van der Waals surface area contributed by atoms with E-state index in [0.717, 1.165) is 68.8 Å². The van der Waals surface area contributed by atoms with Crippen LogP contribution in [0, 0.1) is 0 Å². The first-order valence-electron chi connectivity index (χ1n) is 13.2. The molecule has 0 radical (unpaired) electrons. The fourth-order valence-electron chi connectivity index (χ4n) is 5.13. The molecule has 6 nitrogen and oxygen atoms in total. The molecule has 0 amide bonds.